The molecular formula is C6H9NO3S. The van der Waals surface area contributed by atoms with Crippen molar-refractivity contribution in [2.45, 2.75) is 10.8 Å². The highest BCUT2D eigenvalue weighted by Gasteiger charge is 2.47. The molecule has 2 aliphatic rings. The number of hydrogen-bond donors (Lipinski definition) is 1. The van der Waals surface area contributed by atoms with Crippen LogP contribution in [-0.4, -0.2) is 46.5 Å². The highest BCUT2D eigenvalue weighted by Crippen LogP contribution is 2.46. The Hall–Kier alpha value is -0.260. The molecule has 0 bridgehead atoms. The van der Waals surface area contributed by atoms with Crippen LogP contribution in [0.1, 0.15) is 0 Å². The molecule has 2 aliphatic heterocycles. The molecule has 0 amide bonds. The molecule has 0 aromatic heterocycles. The lowest BCUT2D eigenvalue weighted by Crippen LogP contribution is -2.39. The van der Waals surface area contributed by atoms with E-state index in [1.165, 1.54) is 0 Å². The van der Waals surface area contributed by atoms with Crippen molar-refractivity contribution in [2.24, 2.45) is 0 Å². The van der Waals surface area contributed by atoms with Crippen molar-refractivity contribution in [3.63, 3.8) is 0 Å². The van der Waals surface area contributed by atoms with E-state index >= 15 is 0 Å². The summed E-state index contributed by atoms with van der Waals surface area (Å²) >= 11 is 1.69. The van der Waals surface area contributed by atoms with E-state index < -0.39 is 5.97 Å². The molecule has 0 aromatic carbocycles. The Labute approximate surface area is 68.5 Å². The topological polar surface area (TPSA) is 49.8 Å². The van der Waals surface area contributed by atoms with Crippen LogP contribution in [0.25, 0.3) is 0 Å². The zero-order valence-electron chi connectivity index (χ0n) is 5.90. The molecule has 2 fully saturated rings. The number of carboxylic acids is 1. The summed E-state index contributed by atoms with van der Waals surface area (Å²) in [7, 11) is 0. The number of thioether (sulfide) groups is 1. The molecule has 5 heteroatoms. The maximum Gasteiger partial charge on any atom is 0.317 e. The summed E-state index contributed by atoms with van der Waals surface area (Å²) in [4.78, 5) is 12.3. The summed E-state index contributed by atoms with van der Waals surface area (Å²) in [5, 5.41) is 8.83. The van der Waals surface area contributed by atoms with E-state index in [9.17, 15) is 4.79 Å². The fourth-order valence-electron chi connectivity index (χ4n) is 1.23. The number of fused-ring (bicyclic) bond motifs is 1. The predicted molar refractivity (Wildman–Crippen MR) is 40.3 cm³/mol. The van der Waals surface area contributed by atoms with Crippen LogP contribution in [-0.2, 0) is 9.53 Å². The lowest BCUT2D eigenvalue weighted by atomic mass is 10.4. The van der Waals surface area contributed by atoms with Crippen molar-refractivity contribution in [3.05, 3.63) is 0 Å². The van der Waals surface area contributed by atoms with Crippen molar-refractivity contribution < 1.29 is 14.6 Å². The number of morpholine rings is 1. The Morgan fingerprint density at radius 3 is 3.36 bits per heavy atom. The van der Waals surface area contributed by atoms with Gasteiger partial charge in [-0.05, 0) is 0 Å². The lowest BCUT2D eigenvalue weighted by Gasteiger charge is -2.22. The molecule has 11 heavy (non-hydrogen) atoms. The van der Waals surface area contributed by atoms with Crippen molar-refractivity contribution in [2.75, 3.05) is 19.7 Å². The van der Waals surface area contributed by atoms with Gasteiger partial charge in [0.15, 0.2) is 0 Å². The van der Waals surface area contributed by atoms with Gasteiger partial charge < -0.3 is 9.84 Å². The molecule has 1 N–H and O–H groups in total. The monoisotopic (exact) mass is 175 g/mol. The zero-order chi connectivity index (χ0) is 7.84. The first-order chi connectivity index (χ1) is 5.27. The predicted octanol–water partition coefficient (Wildman–Crippen LogP) is -0.198. The number of carbonyl (C=O) groups is 1. The second-order valence-corrected chi connectivity index (χ2v) is 3.85. The smallest absolute Gasteiger partial charge is 0.317 e. The molecule has 62 valence electrons. The van der Waals surface area contributed by atoms with Gasteiger partial charge >= 0.3 is 5.97 Å². The minimum atomic E-state index is -0.752. The Morgan fingerprint density at radius 1 is 1.82 bits per heavy atom. The van der Waals surface area contributed by atoms with Crippen LogP contribution >= 0.6 is 11.8 Å². The van der Waals surface area contributed by atoms with Crippen LogP contribution < -0.4 is 0 Å². The van der Waals surface area contributed by atoms with Gasteiger partial charge in [0.2, 0.25) is 0 Å². The fourth-order valence-corrected chi connectivity index (χ4v) is 2.19. The molecule has 2 rings (SSSR count). The first kappa shape index (κ1) is 7.39. The quantitative estimate of drug-likeness (QED) is 0.589. The zero-order valence-corrected chi connectivity index (χ0v) is 6.71. The Balaban J connectivity index is 1.88. The first-order valence-electron chi connectivity index (χ1n) is 3.50. The number of aliphatic carboxylic acids is 1. The number of rotatable bonds is 2. The van der Waals surface area contributed by atoms with E-state index in [-0.39, 0.29) is 12.0 Å². The summed E-state index contributed by atoms with van der Waals surface area (Å²) in [6.07, 6.45) is 0. The van der Waals surface area contributed by atoms with Crippen molar-refractivity contribution in [3.8, 4) is 0 Å². The molecule has 0 unspecified atom stereocenters. The summed E-state index contributed by atoms with van der Waals surface area (Å²) in [5.74, 6) is -0.752. The Morgan fingerprint density at radius 2 is 2.64 bits per heavy atom. The maximum absolute atomic E-state index is 10.3. The van der Waals surface area contributed by atoms with Crippen LogP contribution in [0.4, 0.5) is 0 Å². The van der Waals surface area contributed by atoms with Gasteiger partial charge in [0, 0.05) is 6.54 Å². The largest absolute Gasteiger partial charge is 0.480 e. The molecule has 2 heterocycles. The number of ether oxygens (including phenoxy) is 1. The molecule has 0 aliphatic carbocycles. The van der Waals surface area contributed by atoms with Gasteiger partial charge in [0.1, 0.15) is 5.44 Å². The van der Waals surface area contributed by atoms with Gasteiger partial charge in [-0.15, -0.1) is 11.8 Å². The van der Waals surface area contributed by atoms with Gasteiger partial charge in [0.25, 0.3) is 0 Å². The number of nitrogens with zero attached hydrogens (tertiary/aromatic N) is 1. The van der Waals surface area contributed by atoms with Crippen LogP contribution in [0, 0.1) is 0 Å². The SMILES string of the molecule is O=C(O)CN1CCO[C@H]2S[C@@H]21. The average Bonchev–Trinajstić information content (AvgIpc) is 2.65. The maximum atomic E-state index is 10.3. The van der Waals surface area contributed by atoms with E-state index in [0.717, 1.165) is 6.54 Å². The second kappa shape index (κ2) is 2.66. The van der Waals surface area contributed by atoms with Gasteiger partial charge in [-0.1, -0.05) is 0 Å². The summed E-state index contributed by atoms with van der Waals surface area (Å²) in [6.45, 7) is 1.57. The van der Waals surface area contributed by atoms with Crippen molar-refractivity contribution in [1.29, 1.82) is 0 Å². The van der Waals surface area contributed by atoms with E-state index in [1.807, 2.05) is 4.90 Å². The summed E-state index contributed by atoms with van der Waals surface area (Å²) < 4.78 is 5.29. The molecule has 2 atom stereocenters. The Kier molecular flexibility index (Phi) is 1.78. The average molecular weight is 175 g/mol. The van der Waals surface area contributed by atoms with Gasteiger partial charge in [-0.2, -0.15) is 0 Å². The minimum Gasteiger partial charge on any atom is -0.480 e. The van der Waals surface area contributed by atoms with Crippen LogP contribution in [0.2, 0.25) is 0 Å². The van der Waals surface area contributed by atoms with E-state index in [0.29, 0.717) is 12.0 Å². The second-order valence-electron chi connectivity index (χ2n) is 2.63. The highest BCUT2D eigenvalue weighted by atomic mass is 32.2. The first-order valence-corrected chi connectivity index (χ1v) is 4.44. The number of carboxylic acid groups (broad SMARTS) is 1. The molecule has 0 radical (unpaired) electrons. The minimum absolute atomic E-state index is 0.150. The molecule has 0 spiro atoms. The normalized spacial score (nSPS) is 36.4. The van der Waals surface area contributed by atoms with Gasteiger partial charge in [0.05, 0.1) is 18.5 Å². The third kappa shape index (κ3) is 1.50. The van der Waals surface area contributed by atoms with Gasteiger partial charge in [-0.3, -0.25) is 9.69 Å². The van der Waals surface area contributed by atoms with E-state index in [2.05, 4.69) is 0 Å². The molecule has 0 aromatic rings. The molecule has 4 nitrogen and oxygen atoms in total. The summed E-state index contributed by atoms with van der Waals surface area (Å²) in [6, 6.07) is 0. The number of hydrogen-bond acceptors (Lipinski definition) is 4. The van der Waals surface area contributed by atoms with Crippen LogP contribution in [0.15, 0.2) is 0 Å². The van der Waals surface area contributed by atoms with Crippen LogP contribution in [0.5, 0.6) is 0 Å². The third-order valence-electron chi connectivity index (χ3n) is 1.79. The summed E-state index contributed by atoms with van der Waals surface area (Å²) in [5.41, 5.74) is 0.253. The van der Waals surface area contributed by atoms with Crippen molar-refractivity contribution >= 4 is 17.7 Å². The molecule has 0 saturated carbocycles. The third-order valence-corrected chi connectivity index (χ3v) is 2.96. The fraction of sp³-hybridized carbons (Fsp3) is 0.833. The van der Waals surface area contributed by atoms with Crippen molar-refractivity contribution in [1.82, 2.24) is 4.90 Å². The van der Waals surface area contributed by atoms with E-state index in [1.54, 1.807) is 11.8 Å². The van der Waals surface area contributed by atoms with Gasteiger partial charge in [-0.25, -0.2) is 0 Å². The van der Waals surface area contributed by atoms with Crippen LogP contribution in [0.3, 0.4) is 0 Å². The highest BCUT2D eigenvalue weighted by molar-refractivity contribution is 8.07. The molecular weight excluding hydrogens is 166 g/mol. The Bertz CT molecular complexity index is 187. The van der Waals surface area contributed by atoms with E-state index in [4.69, 9.17) is 9.84 Å². The lowest BCUT2D eigenvalue weighted by molar-refractivity contribution is -0.139. The molecule has 2 saturated heterocycles. The standard InChI is InChI=1S/C6H9NO3S/c8-4(9)3-7-1-2-10-6-5(7)11-6/h5-6H,1-3H2,(H,8,9)/t5-,6-/m0/s1.